The maximum Gasteiger partial charge on any atom is 0.338 e. The summed E-state index contributed by atoms with van der Waals surface area (Å²) in [4.78, 5) is 29.2. The number of benzene rings is 8. The molecule has 8 aromatic rings. The summed E-state index contributed by atoms with van der Waals surface area (Å²) in [5.74, 6) is -24.3. The van der Waals surface area contributed by atoms with Crippen molar-refractivity contribution in [3.8, 4) is 121 Å². The van der Waals surface area contributed by atoms with Crippen molar-refractivity contribution in [2.45, 2.75) is 54.9 Å². The first-order valence-corrected chi connectivity index (χ1v) is 25.2. The molecular formula is C59H46O26. The van der Waals surface area contributed by atoms with Crippen LogP contribution in [0.15, 0.2) is 103 Å². The van der Waals surface area contributed by atoms with Crippen molar-refractivity contribution < 1.29 is 130 Å². The molecule has 0 saturated carbocycles. The van der Waals surface area contributed by atoms with E-state index in [1.165, 1.54) is 18.2 Å². The highest BCUT2D eigenvalue weighted by Crippen LogP contribution is 2.63. The van der Waals surface area contributed by atoms with Crippen LogP contribution < -0.4 is 14.2 Å². The first-order valence-electron chi connectivity index (χ1n) is 25.2. The Morgan fingerprint density at radius 3 is 1.24 bits per heavy atom. The third-order valence-electron chi connectivity index (χ3n) is 14.9. The first-order chi connectivity index (χ1) is 40.3. The minimum absolute atomic E-state index is 0.00381. The fourth-order valence-corrected chi connectivity index (χ4v) is 11.0. The summed E-state index contributed by atoms with van der Waals surface area (Å²) in [5, 5.41) is 210. The molecule has 0 radical (unpaired) electrons. The zero-order chi connectivity index (χ0) is 60.9. The van der Waals surface area contributed by atoms with E-state index in [1.807, 2.05) is 0 Å². The van der Waals surface area contributed by atoms with E-state index in [0.29, 0.717) is 24.3 Å². The lowest BCUT2D eigenvalue weighted by Crippen LogP contribution is -2.41. The number of phenols is 18. The number of rotatable bonds is 9. The van der Waals surface area contributed by atoms with Crippen LogP contribution >= 0.6 is 0 Å². The fraction of sp³-hybridized carbons (Fsp3) is 0.153. The number of hydrogen-bond donors (Lipinski definition) is 19. The summed E-state index contributed by atoms with van der Waals surface area (Å²) in [5.41, 5.74) is -4.38. The van der Waals surface area contributed by atoms with Crippen LogP contribution in [0.1, 0.15) is 95.4 Å². The molecule has 438 valence electrons. The zero-order valence-corrected chi connectivity index (χ0v) is 43.0. The molecule has 3 heterocycles. The lowest BCUT2D eigenvalue weighted by Gasteiger charge is -2.43. The number of esters is 2. The standard InChI is InChI=1S/C59H46O26/c60-24-14-33(68)43-41(15-24)81-53(20-2-5-27(62)31(66)8-20)56(84-58(79)22-10-36(71)49(76)37(72)11-22)47(43)44-35(70)18-42-46(51(44)78)48(45-34(69)17-29(64)25-16-40(75)52(83-55(25)45)19-1-4-26(61)30(65)7-19)57(54(82-42)21-3-6-28(63)32(67)9-21)85-59(80)23-12-38(73)50(77)39(74)13-23/h1-15,17-18,40,47-48,52-54,56-57,60-78H,16H2. The van der Waals surface area contributed by atoms with Crippen LogP contribution in [0.2, 0.25) is 0 Å². The van der Waals surface area contributed by atoms with Gasteiger partial charge in [-0.25, -0.2) is 9.59 Å². The van der Waals surface area contributed by atoms with Gasteiger partial charge in [-0.3, -0.25) is 0 Å². The molecule has 0 bridgehead atoms. The van der Waals surface area contributed by atoms with Crippen molar-refractivity contribution in [3.63, 3.8) is 0 Å². The van der Waals surface area contributed by atoms with E-state index >= 15 is 0 Å². The predicted molar refractivity (Wildman–Crippen MR) is 283 cm³/mol. The van der Waals surface area contributed by atoms with E-state index in [1.54, 1.807) is 0 Å². The Balaban J connectivity index is 1.22. The second-order valence-electron chi connectivity index (χ2n) is 20.1. The average molecular weight is 1170 g/mol. The molecule has 0 saturated heterocycles. The van der Waals surface area contributed by atoms with Crippen LogP contribution in [0.4, 0.5) is 0 Å². The number of aromatic hydroxyl groups is 18. The Morgan fingerprint density at radius 2 is 0.776 bits per heavy atom. The Labute approximate surface area is 475 Å². The number of hydrogen-bond acceptors (Lipinski definition) is 26. The van der Waals surface area contributed by atoms with Gasteiger partial charge in [0.1, 0.15) is 57.8 Å². The third-order valence-corrected chi connectivity index (χ3v) is 14.9. The maximum atomic E-state index is 14.7. The molecule has 26 nitrogen and oxygen atoms in total. The van der Waals surface area contributed by atoms with Crippen LogP contribution in [-0.2, 0) is 15.9 Å². The van der Waals surface area contributed by atoms with Gasteiger partial charge in [-0.1, -0.05) is 18.2 Å². The molecular weight excluding hydrogens is 1120 g/mol. The molecule has 3 aliphatic rings. The van der Waals surface area contributed by atoms with Gasteiger partial charge in [-0.05, 0) is 66.2 Å². The summed E-state index contributed by atoms with van der Waals surface area (Å²) in [7, 11) is 0. The van der Waals surface area contributed by atoms with Gasteiger partial charge < -0.3 is 121 Å². The number of fused-ring (bicyclic) bond motifs is 3. The summed E-state index contributed by atoms with van der Waals surface area (Å²) < 4.78 is 31.7. The van der Waals surface area contributed by atoms with Gasteiger partial charge in [0.05, 0.1) is 29.1 Å². The van der Waals surface area contributed by atoms with E-state index in [4.69, 9.17) is 23.7 Å². The highest BCUT2D eigenvalue weighted by molar-refractivity contribution is 5.92. The fourth-order valence-electron chi connectivity index (χ4n) is 11.0. The van der Waals surface area contributed by atoms with Crippen molar-refractivity contribution >= 4 is 11.9 Å². The third kappa shape index (κ3) is 9.42. The summed E-state index contributed by atoms with van der Waals surface area (Å²) in [6.45, 7) is 0. The average Bonchev–Trinajstić information content (AvgIpc) is 0.812. The number of carbonyl (C=O) groups is 2. The van der Waals surface area contributed by atoms with Crippen LogP contribution in [0.3, 0.4) is 0 Å². The Bertz CT molecular complexity index is 4060. The van der Waals surface area contributed by atoms with Crippen molar-refractivity contribution in [1.29, 1.82) is 0 Å². The van der Waals surface area contributed by atoms with E-state index in [0.717, 1.165) is 60.7 Å². The Hall–Kier alpha value is -11.5. The summed E-state index contributed by atoms with van der Waals surface area (Å²) in [6, 6.07) is 15.7. The van der Waals surface area contributed by atoms with Crippen molar-refractivity contribution in [3.05, 3.63) is 159 Å². The van der Waals surface area contributed by atoms with Crippen LogP contribution in [0.5, 0.6) is 121 Å². The van der Waals surface area contributed by atoms with Gasteiger partial charge in [0.2, 0.25) is 0 Å². The van der Waals surface area contributed by atoms with Gasteiger partial charge in [-0.2, -0.15) is 0 Å². The van der Waals surface area contributed by atoms with Gasteiger partial charge >= 0.3 is 11.9 Å². The Morgan fingerprint density at radius 1 is 0.365 bits per heavy atom. The van der Waals surface area contributed by atoms with Crippen molar-refractivity contribution in [2.75, 3.05) is 0 Å². The smallest absolute Gasteiger partial charge is 0.338 e. The number of aliphatic hydroxyl groups excluding tert-OH is 1. The lowest BCUT2D eigenvalue weighted by molar-refractivity contribution is -0.0298. The second kappa shape index (κ2) is 20.5. The summed E-state index contributed by atoms with van der Waals surface area (Å²) >= 11 is 0. The van der Waals surface area contributed by atoms with E-state index < -0.39 is 221 Å². The van der Waals surface area contributed by atoms with Gasteiger partial charge in [0, 0.05) is 69.6 Å². The lowest BCUT2D eigenvalue weighted by atomic mass is 9.73. The Kier molecular flexibility index (Phi) is 13.3. The zero-order valence-electron chi connectivity index (χ0n) is 43.0. The molecule has 19 N–H and O–H groups in total. The highest BCUT2D eigenvalue weighted by atomic mass is 16.6. The normalized spacial score (nSPS) is 20.3. The molecule has 0 aromatic heterocycles. The number of aliphatic hydroxyl groups is 1. The van der Waals surface area contributed by atoms with E-state index in [2.05, 4.69) is 0 Å². The monoisotopic (exact) mass is 1170 g/mol. The molecule has 8 unspecified atom stereocenters. The minimum Gasteiger partial charge on any atom is -0.508 e. The molecule has 85 heavy (non-hydrogen) atoms. The largest absolute Gasteiger partial charge is 0.508 e. The van der Waals surface area contributed by atoms with Crippen molar-refractivity contribution in [1.82, 2.24) is 0 Å². The molecule has 8 aromatic carbocycles. The minimum atomic E-state index is -2.15. The van der Waals surface area contributed by atoms with E-state index in [9.17, 15) is 107 Å². The molecule has 0 amide bonds. The van der Waals surface area contributed by atoms with E-state index in [-0.39, 0.29) is 22.3 Å². The second-order valence-corrected chi connectivity index (χ2v) is 20.1. The van der Waals surface area contributed by atoms with Crippen LogP contribution in [0, 0.1) is 0 Å². The molecule has 11 rings (SSSR count). The molecule has 8 atom stereocenters. The van der Waals surface area contributed by atoms with Gasteiger partial charge in [0.15, 0.2) is 93.4 Å². The van der Waals surface area contributed by atoms with Gasteiger partial charge in [0.25, 0.3) is 0 Å². The van der Waals surface area contributed by atoms with Crippen molar-refractivity contribution in [2.24, 2.45) is 0 Å². The number of carbonyl (C=O) groups excluding carboxylic acids is 2. The summed E-state index contributed by atoms with van der Waals surface area (Å²) in [6.07, 6.45) is -11.6. The SMILES string of the molecule is O=C(OC1C(c2ccc(O)c(O)c2)Oc2cc(O)cc(O)c2C1c1c(O)cc2c(c1O)C(c1c(O)cc(O)c3c1OC(c1ccc(O)c(O)c1)C(O)C3)C(OC(=O)c1cc(O)c(O)c(O)c1)C(c1ccc(O)c(O)c1)O2)c1cc(O)c(O)c(O)c1. The highest BCUT2D eigenvalue weighted by Gasteiger charge is 2.53. The maximum absolute atomic E-state index is 14.7. The molecule has 26 heteroatoms. The van der Waals surface area contributed by atoms with Crippen LogP contribution in [-0.4, -0.2) is 127 Å². The number of phenolic OH excluding ortho intramolecular Hbond substituents is 18. The first kappa shape index (κ1) is 55.4. The topological polar surface area (TPSA) is 465 Å². The van der Waals surface area contributed by atoms with Gasteiger partial charge in [-0.15, -0.1) is 0 Å². The molecule has 0 spiro atoms. The molecule has 0 fully saturated rings. The molecule has 3 aliphatic heterocycles. The van der Waals surface area contributed by atoms with Crippen LogP contribution in [0.25, 0.3) is 0 Å². The number of ether oxygens (including phenoxy) is 5. The molecule has 0 aliphatic carbocycles. The predicted octanol–water partition coefficient (Wildman–Crippen LogP) is 6.41. The quantitative estimate of drug-likeness (QED) is 0.0548.